The molecular weight excluding hydrogens is 203 g/mol. The van der Waals surface area contributed by atoms with E-state index in [1.54, 1.807) is 12.1 Å². The first-order chi connectivity index (χ1) is 6.66. The highest BCUT2D eigenvalue weighted by atomic mass is 35.5. The maximum Gasteiger partial charge on any atom is 0.231 e. The van der Waals surface area contributed by atoms with Gasteiger partial charge in [-0.3, -0.25) is 0 Å². The van der Waals surface area contributed by atoms with Crippen molar-refractivity contribution in [3.8, 4) is 0 Å². The molecule has 14 heavy (non-hydrogen) atoms. The predicted octanol–water partition coefficient (Wildman–Crippen LogP) is 2.84. The Morgan fingerprint density at radius 1 is 1.71 bits per heavy atom. The van der Waals surface area contributed by atoms with Crippen LogP contribution in [0.3, 0.4) is 0 Å². The number of nitrogens with two attached hydrogens (primary N) is 1. The molecule has 0 aliphatic carbocycles. The molecular formula is C10H12ClFN2. The second kappa shape index (κ2) is 5.08. The van der Waals surface area contributed by atoms with Crippen LogP contribution in [-0.2, 0) is 0 Å². The molecule has 0 aliphatic heterocycles. The maximum atomic E-state index is 12.9. The minimum absolute atomic E-state index is 0.0177. The van der Waals surface area contributed by atoms with E-state index in [-0.39, 0.29) is 11.1 Å². The lowest BCUT2D eigenvalue weighted by atomic mass is 10.0. The van der Waals surface area contributed by atoms with E-state index < -0.39 is 5.95 Å². The largest absolute Gasteiger partial charge is 0.324 e. The highest BCUT2D eigenvalue weighted by Gasteiger charge is 2.12. The summed E-state index contributed by atoms with van der Waals surface area (Å²) in [6, 6.07) is 1.37. The van der Waals surface area contributed by atoms with Crippen molar-refractivity contribution in [1.82, 2.24) is 4.98 Å². The molecule has 0 bridgehead atoms. The standard InChI is InChI=1S/C10H12ClFN2/c1-2-3-4-8(13)7-5-6-14-10(12)9(7)11/h2,5-6,8H,1,3-4,13H2/t8-/m1/s1. The number of pyridine rings is 1. The van der Waals surface area contributed by atoms with Gasteiger partial charge in [0.25, 0.3) is 0 Å². The van der Waals surface area contributed by atoms with Crippen LogP contribution >= 0.6 is 11.6 Å². The third kappa shape index (κ3) is 2.53. The average Bonchev–Trinajstić information content (AvgIpc) is 2.18. The van der Waals surface area contributed by atoms with E-state index in [1.165, 1.54) is 6.20 Å². The third-order valence-electron chi connectivity index (χ3n) is 1.96. The molecule has 4 heteroatoms. The quantitative estimate of drug-likeness (QED) is 0.618. The molecule has 0 fully saturated rings. The van der Waals surface area contributed by atoms with Gasteiger partial charge >= 0.3 is 0 Å². The van der Waals surface area contributed by atoms with Crippen molar-refractivity contribution in [2.75, 3.05) is 0 Å². The van der Waals surface area contributed by atoms with Crippen molar-refractivity contribution >= 4 is 11.6 Å². The van der Waals surface area contributed by atoms with Gasteiger partial charge in [-0.2, -0.15) is 4.39 Å². The highest BCUT2D eigenvalue weighted by molar-refractivity contribution is 6.31. The lowest BCUT2D eigenvalue weighted by Gasteiger charge is -2.12. The van der Waals surface area contributed by atoms with Gasteiger partial charge in [-0.1, -0.05) is 17.7 Å². The Hall–Kier alpha value is -0.930. The molecule has 76 valence electrons. The van der Waals surface area contributed by atoms with Gasteiger partial charge in [0.2, 0.25) is 5.95 Å². The first kappa shape index (κ1) is 11.1. The molecule has 2 N–H and O–H groups in total. The van der Waals surface area contributed by atoms with Gasteiger partial charge in [-0.25, -0.2) is 4.98 Å². The monoisotopic (exact) mass is 214 g/mol. The maximum absolute atomic E-state index is 12.9. The topological polar surface area (TPSA) is 38.9 Å². The van der Waals surface area contributed by atoms with E-state index in [0.29, 0.717) is 12.0 Å². The Morgan fingerprint density at radius 3 is 3.07 bits per heavy atom. The fourth-order valence-corrected chi connectivity index (χ4v) is 1.42. The number of allylic oxidation sites excluding steroid dienone is 1. The van der Waals surface area contributed by atoms with Gasteiger partial charge in [0, 0.05) is 12.2 Å². The lowest BCUT2D eigenvalue weighted by Crippen LogP contribution is -2.11. The molecule has 0 unspecified atom stereocenters. The van der Waals surface area contributed by atoms with Crippen LogP contribution < -0.4 is 5.73 Å². The minimum atomic E-state index is -0.668. The van der Waals surface area contributed by atoms with Crippen LogP contribution in [0, 0.1) is 5.95 Å². The van der Waals surface area contributed by atoms with Gasteiger partial charge in [0.1, 0.15) is 5.02 Å². The Balaban J connectivity index is 2.83. The molecule has 1 heterocycles. The first-order valence-electron chi connectivity index (χ1n) is 4.33. The van der Waals surface area contributed by atoms with E-state index in [2.05, 4.69) is 11.6 Å². The van der Waals surface area contributed by atoms with Crippen molar-refractivity contribution in [2.24, 2.45) is 5.73 Å². The Morgan fingerprint density at radius 2 is 2.43 bits per heavy atom. The Bertz CT molecular complexity index is 328. The number of hydrogen-bond acceptors (Lipinski definition) is 2. The van der Waals surface area contributed by atoms with Crippen LogP contribution in [0.15, 0.2) is 24.9 Å². The van der Waals surface area contributed by atoms with Gasteiger partial charge in [0.15, 0.2) is 0 Å². The minimum Gasteiger partial charge on any atom is -0.324 e. The second-order valence-corrected chi connectivity index (χ2v) is 3.36. The number of rotatable bonds is 4. The van der Waals surface area contributed by atoms with Gasteiger partial charge in [-0.05, 0) is 24.5 Å². The molecule has 0 saturated heterocycles. The van der Waals surface area contributed by atoms with Crippen LogP contribution in [-0.4, -0.2) is 4.98 Å². The van der Waals surface area contributed by atoms with Crippen molar-refractivity contribution in [3.05, 3.63) is 41.5 Å². The van der Waals surface area contributed by atoms with E-state index in [9.17, 15) is 4.39 Å². The molecule has 0 saturated carbocycles. The smallest absolute Gasteiger partial charge is 0.231 e. The third-order valence-corrected chi connectivity index (χ3v) is 2.33. The zero-order chi connectivity index (χ0) is 10.6. The first-order valence-corrected chi connectivity index (χ1v) is 4.71. The van der Waals surface area contributed by atoms with Gasteiger partial charge < -0.3 is 5.73 Å². The van der Waals surface area contributed by atoms with Gasteiger partial charge in [0.05, 0.1) is 0 Å². The summed E-state index contributed by atoms with van der Waals surface area (Å²) < 4.78 is 12.9. The molecule has 2 nitrogen and oxygen atoms in total. The zero-order valence-corrected chi connectivity index (χ0v) is 8.47. The average molecular weight is 215 g/mol. The fraction of sp³-hybridized carbons (Fsp3) is 0.300. The fourth-order valence-electron chi connectivity index (χ4n) is 1.17. The van der Waals surface area contributed by atoms with Crippen LogP contribution in [0.4, 0.5) is 4.39 Å². The molecule has 1 aromatic heterocycles. The SMILES string of the molecule is C=CCC[C@@H](N)c1ccnc(F)c1Cl. The summed E-state index contributed by atoms with van der Waals surface area (Å²) in [6.45, 7) is 3.59. The van der Waals surface area contributed by atoms with Crippen molar-refractivity contribution < 1.29 is 4.39 Å². The van der Waals surface area contributed by atoms with Crippen LogP contribution in [0.2, 0.25) is 5.02 Å². The molecule has 1 atom stereocenters. The normalized spacial score (nSPS) is 12.5. The summed E-state index contributed by atoms with van der Waals surface area (Å²) in [6.07, 6.45) is 4.61. The Labute approximate surface area is 87.6 Å². The van der Waals surface area contributed by atoms with E-state index in [4.69, 9.17) is 17.3 Å². The molecule has 0 radical (unpaired) electrons. The van der Waals surface area contributed by atoms with Crippen molar-refractivity contribution in [3.63, 3.8) is 0 Å². The number of halogens is 2. The molecule has 1 aromatic rings. The summed E-state index contributed by atoms with van der Waals surface area (Å²) in [5.41, 5.74) is 6.42. The lowest BCUT2D eigenvalue weighted by molar-refractivity contribution is 0.573. The van der Waals surface area contributed by atoms with Crippen LogP contribution in [0.25, 0.3) is 0 Å². The summed E-state index contributed by atoms with van der Waals surface area (Å²) >= 11 is 5.72. The second-order valence-electron chi connectivity index (χ2n) is 2.98. The van der Waals surface area contributed by atoms with Crippen molar-refractivity contribution in [1.29, 1.82) is 0 Å². The highest BCUT2D eigenvalue weighted by Crippen LogP contribution is 2.25. The summed E-state index contributed by atoms with van der Waals surface area (Å²) in [4.78, 5) is 3.43. The summed E-state index contributed by atoms with van der Waals surface area (Å²) in [5.74, 6) is -0.668. The number of nitrogens with zero attached hydrogens (tertiary/aromatic N) is 1. The summed E-state index contributed by atoms with van der Waals surface area (Å²) in [7, 11) is 0. The number of aromatic nitrogens is 1. The molecule has 1 rings (SSSR count). The molecule has 0 spiro atoms. The van der Waals surface area contributed by atoms with Gasteiger partial charge in [-0.15, -0.1) is 6.58 Å². The van der Waals surface area contributed by atoms with Crippen LogP contribution in [0.5, 0.6) is 0 Å². The summed E-state index contributed by atoms with van der Waals surface area (Å²) in [5, 5.41) is 0.0177. The predicted molar refractivity (Wildman–Crippen MR) is 55.6 cm³/mol. The van der Waals surface area contributed by atoms with Crippen molar-refractivity contribution in [2.45, 2.75) is 18.9 Å². The molecule has 0 aromatic carbocycles. The van der Waals surface area contributed by atoms with E-state index in [1.807, 2.05) is 0 Å². The molecule has 0 aliphatic rings. The van der Waals surface area contributed by atoms with E-state index in [0.717, 1.165) is 6.42 Å². The molecule has 0 amide bonds. The Kier molecular flexibility index (Phi) is 4.04. The van der Waals surface area contributed by atoms with Crippen LogP contribution in [0.1, 0.15) is 24.4 Å². The number of hydrogen-bond donors (Lipinski definition) is 1. The zero-order valence-electron chi connectivity index (χ0n) is 7.71. The van der Waals surface area contributed by atoms with E-state index >= 15 is 0 Å².